The van der Waals surface area contributed by atoms with Crippen LogP contribution in [0.5, 0.6) is 0 Å². The van der Waals surface area contributed by atoms with E-state index < -0.39 is 0 Å². The van der Waals surface area contributed by atoms with Gasteiger partial charge in [-0.15, -0.1) is 0 Å². The van der Waals surface area contributed by atoms with E-state index in [0.717, 1.165) is 0 Å². The van der Waals surface area contributed by atoms with Crippen LogP contribution >= 0.6 is 0 Å². The Balaban J connectivity index is -0.0000000379. The third-order valence-electron chi connectivity index (χ3n) is 0.425. The normalized spacial score (nSPS) is 5.78. The largest absolute Gasteiger partial charge is 2.00 e. The Morgan fingerprint density at radius 2 is 1.78 bits per heavy atom. The average Bonchev–Trinajstić information content (AvgIpc) is 2.17. The van der Waals surface area contributed by atoms with Gasteiger partial charge in [-0.25, -0.2) is 0 Å². The molecule has 0 aliphatic carbocycles. The molecule has 0 radical (unpaired) electrons. The number of carbonyl (C=O) groups is 1. The summed E-state index contributed by atoms with van der Waals surface area (Å²) < 4.78 is 4.58. The summed E-state index contributed by atoms with van der Waals surface area (Å²) in [6, 6.07) is 3.67. The molecular weight excluding hydrogens is 148 g/mol. The maximum atomic E-state index is 8.36. The molecule has 0 aromatic carbocycles. The van der Waals surface area contributed by atoms with Gasteiger partial charge in [-0.2, -0.15) is 0 Å². The molecule has 0 spiro atoms. The molecule has 0 amide bonds. The predicted octanol–water partition coefficient (Wildman–Crippen LogP) is 0.825. The van der Waals surface area contributed by atoms with Gasteiger partial charge >= 0.3 is 37.7 Å². The molecule has 9 heavy (non-hydrogen) atoms. The summed E-state index contributed by atoms with van der Waals surface area (Å²) in [5.41, 5.74) is 0. The molecule has 1 N–H and O–H groups in total. The van der Waals surface area contributed by atoms with Crippen LogP contribution in [0.2, 0.25) is 0 Å². The van der Waals surface area contributed by atoms with E-state index in [1.165, 1.54) is 0 Å². The molecule has 0 aliphatic rings. The first-order chi connectivity index (χ1) is 3.91. The average molecular weight is 156 g/mol. The topological polar surface area (TPSA) is 50.4 Å². The third kappa shape index (κ3) is 11.5. The van der Waals surface area contributed by atoms with E-state index in [1.54, 1.807) is 12.5 Å². The van der Waals surface area contributed by atoms with Crippen molar-refractivity contribution in [1.29, 1.82) is 0 Å². The SMILES string of the molecule is O=CO.[Ca+2].[H-].[H-].c1ccoc1. The molecule has 1 rings (SSSR count). The first-order valence-corrected chi connectivity index (χ1v) is 1.97. The van der Waals surface area contributed by atoms with Crippen LogP contribution < -0.4 is 0 Å². The molecule has 0 atom stereocenters. The van der Waals surface area contributed by atoms with Crippen molar-refractivity contribution < 1.29 is 17.2 Å². The van der Waals surface area contributed by atoms with Crippen LogP contribution in [-0.4, -0.2) is 49.3 Å². The summed E-state index contributed by atoms with van der Waals surface area (Å²) in [7, 11) is 0. The van der Waals surface area contributed by atoms with Crippen LogP contribution in [0, 0.1) is 0 Å². The van der Waals surface area contributed by atoms with Crippen LogP contribution in [0.1, 0.15) is 2.85 Å². The zero-order valence-corrected chi connectivity index (χ0v) is 7.07. The second kappa shape index (κ2) is 10.9. The van der Waals surface area contributed by atoms with Crippen LogP contribution in [0.4, 0.5) is 0 Å². The molecule has 48 valence electrons. The summed E-state index contributed by atoms with van der Waals surface area (Å²) in [4.78, 5) is 8.36. The summed E-state index contributed by atoms with van der Waals surface area (Å²) >= 11 is 0. The second-order valence-electron chi connectivity index (χ2n) is 0.899. The van der Waals surface area contributed by atoms with Crippen molar-refractivity contribution in [2.45, 2.75) is 0 Å². The third-order valence-corrected chi connectivity index (χ3v) is 0.425. The molecule has 0 bridgehead atoms. The maximum Gasteiger partial charge on any atom is 2.00 e. The number of furan rings is 1. The van der Waals surface area contributed by atoms with Crippen molar-refractivity contribution in [1.82, 2.24) is 0 Å². The smallest absolute Gasteiger partial charge is 1.00 e. The van der Waals surface area contributed by atoms with Gasteiger partial charge in [0.2, 0.25) is 0 Å². The van der Waals surface area contributed by atoms with Gasteiger partial charge in [-0.3, -0.25) is 4.79 Å². The second-order valence-corrected chi connectivity index (χ2v) is 0.899. The molecule has 4 heteroatoms. The molecule has 3 nitrogen and oxygen atoms in total. The van der Waals surface area contributed by atoms with E-state index in [2.05, 4.69) is 4.42 Å². The van der Waals surface area contributed by atoms with Crippen molar-refractivity contribution in [2.24, 2.45) is 0 Å². The first-order valence-electron chi connectivity index (χ1n) is 1.97. The number of rotatable bonds is 0. The summed E-state index contributed by atoms with van der Waals surface area (Å²) in [5, 5.41) is 6.89. The number of carboxylic acid groups (broad SMARTS) is 1. The van der Waals surface area contributed by atoms with E-state index in [1.807, 2.05) is 12.1 Å². The Hall–Kier alpha value is 0.00974. The van der Waals surface area contributed by atoms with Crippen LogP contribution in [-0.2, 0) is 4.79 Å². The van der Waals surface area contributed by atoms with E-state index in [9.17, 15) is 0 Å². The quantitative estimate of drug-likeness (QED) is 0.447. The van der Waals surface area contributed by atoms with Crippen LogP contribution in [0.3, 0.4) is 0 Å². The van der Waals surface area contributed by atoms with Crippen molar-refractivity contribution in [2.75, 3.05) is 0 Å². The zero-order chi connectivity index (χ0) is 6.24. The summed E-state index contributed by atoms with van der Waals surface area (Å²) in [6.45, 7) is -0.250. The Kier molecular flexibility index (Phi) is 14.2. The van der Waals surface area contributed by atoms with E-state index >= 15 is 0 Å². The minimum absolute atomic E-state index is 0. The fraction of sp³-hybridized carbons (Fsp3) is 0. The minimum atomic E-state index is -0.250. The molecule has 0 saturated carbocycles. The zero-order valence-electron chi connectivity index (χ0n) is 6.86. The van der Waals surface area contributed by atoms with Crippen LogP contribution in [0.25, 0.3) is 0 Å². The molecule has 1 heterocycles. The van der Waals surface area contributed by atoms with Gasteiger partial charge in [0, 0.05) is 0 Å². The van der Waals surface area contributed by atoms with Gasteiger partial charge in [-0.1, -0.05) is 0 Å². The fourth-order valence-electron chi connectivity index (χ4n) is 0.227. The maximum absolute atomic E-state index is 8.36. The minimum Gasteiger partial charge on any atom is -1.00 e. The summed E-state index contributed by atoms with van der Waals surface area (Å²) in [6.07, 6.45) is 3.25. The van der Waals surface area contributed by atoms with Gasteiger partial charge in [0.05, 0.1) is 12.5 Å². The molecule has 0 unspecified atom stereocenters. The standard InChI is InChI=1S/C4H4O.CH2O2.Ca.2H/c1-2-4-5-3-1;2-1-3;;;/h1-4H;1H,(H,2,3);;;/q;;+2;2*-1. The first kappa shape index (κ1) is 11.8. The Bertz CT molecular complexity index is 106. The summed E-state index contributed by atoms with van der Waals surface area (Å²) in [5.74, 6) is 0. The van der Waals surface area contributed by atoms with E-state index in [4.69, 9.17) is 9.90 Å². The molecule has 1 aromatic rings. The van der Waals surface area contributed by atoms with E-state index in [0.29, 0.717) is 0 Å². The molecule has 0 aliphatic heterocycles. The predicted molar refractivity (Wildman–Crippen MR) is 35.4 cm³/mol. The monoisotopic (exact) mass is 156 g/mol. The van der Waals surface area contributed by atoms with Gasteiger partial charge in [-0.05, 0) is 12.1 Å². The van der Waals surface area contributed by atoms with Gasteiger partial charge in [0.15, 0.2) is 0 Å². The van der Waals surface area contributed by atoms with Gasteiger partial charge in [0.1, 0.15) is 0 Å². The Morgan fingerprint density at radius 1 is 1.44 bits per heavy atom. The number of hydrogen-bond donors (Lipinski definition) is 1. The molecule has 0 saturated heterocycles. The molecule has 1 aromatic heterocycles. The fourth-order valence-corrected chi connectivity index (χ4v) is 0.227. The van der Waals surface area contributed by atoms with Crippen molar-refractivity contribution >= 4 is 44.2 Å². The molecule has 0 fully saturated rings. The van der Waals surface area contributed by atoms with Crippen molar-refractivity contribution in [3.05, 3.63) is 24.7 Å². The van der Waals surface area contributed by atoms with Crippen molar-refractivity contribution in [3.63, 3.8) is 0 Å². The van der Waals surface area contributed by atoms with Gasteiger partial charge < -0.3 is 12.4 Å². The molecular formula is C5H8CaO3. The van der Waals surface area contributed by atoms with Gasteiger partial charge in [0.25, 0.3) is 6.47 Å². The van der Waals surface area contributed by atoms with Crippen LogP contribution in [0.15, 0.2) is 29.1 Å². The van der Waals surface area contributed by atoms with E-state index in [-0.39, 0.29) is 47.1 Å². The number of hydrogen-bond acceptors (Lipinski definition) is 2. The van der Waals surface area contributed by atoms with Crippen molar-refractivity contribution in [3.8, 4) is 0 Å². The Labute approximate surface area is 85.6 Å². The Morgan fingerprint density at radius 3 is 1.89 bits per heavy atom.